The van der Waals surface area contributed by atoms with Gasteiger partial charge in [-0.05, 0) is 58.7 Å². The van der Waals surface area contributed by atoms with E-state index in [4.69, 9.17) is 48.9 Å². The van der Waals surface area contributed by atoms with E-state index in [1.807, 2.05) is 6.92 Å². The first kappa shape index (κ1) is 10.5. The Labute approximate surface area is 75.4 Å². The highest BCUT2D eigenvalue weighted by Crippen LogP contribution is 1.94. The molecule has 0 radical (unpaired) electrons. The molecule has 0 spiro atoms. The first-order valence-electron chi connectivity index (χ1n) is 2.04. The fraction of sp³-hybridized carbons (Fsp3) is 1.00. The Morgan fingerprint density at radius 3 is 2.00 bits per heavy atom. The van der Waals surface area contributed by atoms with Crippen LogP contribution in [0.15, 0.2) is 0 Å². The van der Waals surface area contributed by atoms with Crippen LogP contribution in [0.3, 0.4) is 0 Å². The van der Waals surface area contributed by atoms with Crippen LogP contribution in [0, 0.1) is 0 Å². The Balaban J connectivity index is 4.43. The second-order valence-electron chi connectivity index (χ2n) is 1.06. The molecule has 0 fully saturated rings. The first-order chi connectivity index (χ1) is 4.00. The van der Waals surface area contributed by atoms with Crippen molar-refractivity contribution in [3.8, 4) is 0 Å². The summed E-state index contributed by atoms with van der Waals surface area (Å²) in [5.74, 6) is 0. The average Bonchev–Trinajstić information content (AvgIpc) is 1.65. The summed E-state index contributed by atoms with van der Waals surface area (Å²) >= 11 is 19.3. The zero-order valence-electron chi connectivity index (χ0n) is 4.60. The van der Waals surface area contributed by atoms with E-state index in [9.17, 15) is 0 Å². The van der Waals surface area contributed by atoms with E-state index in [-0.39, 0.29) is 0 Å². The highest BCUT2D eigenvalue weighted by Gasteiger charge is 1.94. The molecule has 0 aromatic rings. The normalized spacial score (nSPS) is 12.2. The van der Waals surface area contributed by atoms with E-state index >= 15 is 0 Å². The zero-order chi connectivity index (χ0) is 7.49. The van der Waals surface area contributed by atoms with Gasteiger partial charge in [-0.1, -0.05) is 0 Å². The van der Waals surface area contributed by atoms with E-state index in [0.29, 0.717) is 6.61 Å². The summed E-state index contributed by atoms with van der Waals surface area (Å²) in [7, 11) is -1.09. The number of rotatable bonds is 3. The van der Waals surface area contributed by atoms with Gasteiger partial charge in [0, 0.05) is 0 Å². The summed E-state index contributed by atoms with van der Waals surface area (Å²) in [5.41, 5.74) is 0. The minimum absolute atomic E-state index is 0.522. The van der Waals surface area contributed by atoms with Crippen LogP contribution in [-0.4, -0.2) is 6.61 Å². The Bertz CT molecular complexity index is 224. The third-order valence-corrected chi connectivity index (χ3v) is 13.2. The lowest BCUT2D eigenvalue weighted by molar-refractivity contribution is 0.402. The van der Waals surface area contributed by atoms with E-state index < -0.39 is 13.5 Å². The van der Waals surface area contributed by atoms with Crippen molar-refractivity contribution < 1.29 is 4.18 Å². The van der Waals surface area contributed by atoms with Gasteiger partial charge >= 0.3 is 0 Å². The van der Waals surface area contributed by atoms with E-state index in [2.05, 4.69) is 0 Å². The van der Waals surface area contributed by atoms with Crippen molar-refractivity contribution in [2.24, 2.45) is 0 Å². The summed E-state index contributed by atoms with van der Waals surface area (Å²) in [5, 5.41) is 0. The van der Waals surface area contributed by atoms with Crippen LogP contribution in [0.4, 0.5) is 0 Å². The molecule has 0 aromatic heterocycles. The van der Waals surface area contributed by atoms with E-state index in [1.165, 1.54) is 0 Å². The Hall–Kier alpha value is 1.54. The van der Waals surface area contributed by atoms with Crippen LogP contribution < -0.4 is 0 Å². The molecule has 0 atom stereocenters. The van der Waals surface area contributed by atoms with Crippen molar-refractivity contribution in [2.45, 2.75) is 6.92 Å². The van der Waals surface area contributed by atoms with Crippen molar-refractivity contribution in [3.63, 3.8) is 0 Å². The van der Waals surface area contributed by atoms with Gasteiger partial charge in [0.2, 0.25) is 0 Å². The SMILES string of the molecule is CCOS(=S)(=S)[SH](=S)=S. The van der Waals surface area contributed by atoms with Gasteiger partial charge in [0.05, 0.1) is 13.1 Å². The van der Waals surface area contributed by atoms with Gasteiger partial charge in [-0.25, -0.2) is 0 Å². The molecule has 7 heteroatoms. The van der Waals surface area contributed by atoms with Crippen LogP contribution in [0.2, 0.25) is 0 Å². The van der Waals surface area contributed by atoms with E-state index in [1.54, 1.807) is 0 Å². The zero-order valence-corrected chi connectivity index (χ0v) is 9.58. The minimum Gasteiger partial charge on any atom is -0.302 e. The third kappa shape index (κ3) is 4.07. The Morgan fingerprint density at radius 2 is 1.89 bits per heavy atom. The molecule has 0 aromatic carbocycles. The molecule has 0 rings (SSSR count). The molecule has 56 valence electrons. The van der Waals surface area contributed by atoms with Crippen LogP contribution >= 0.6 is 0 Å². The number of thiol groups is 1. The highest BCUT2D eigenvalue weighted by atomic mass is 33.7. The lowest BCUT2D eigenvalue weighted by Gasteiger charge is -2.02. The quantitative estimate of drug-likeness (QED) is 0.554. The summed E-state index contributed by atoms with van der Waals surface area (Å²) in [4.78, 5) is 0. The Kier molecular flexibility index (Phi) is 5.18. The molecular weight excluding hydrogens is 232 g/mol. The standard InChI is InChI=1S/C2H6OS6/c1-2-3-9(6,7)8(4)5/h8H,2H2,1H3. The number of hydrogen-bond acceptors (Lipinski definition) is 5. The van der Waals surface area contributed by atoms with Crippen LogP contribution in [-0.2, 0) is 62.4 Å². The monoisotopic (exact) mass is 238 g/mol. The van der Waals surface area contributed by atoms with Crippen molar-refractivity contribution in [2.75, 3.05) is 6.61 Å². The minimum atomic E-state index is -1.89. The molecule has 0 aliphatic rings. The molecule has 1 nitrogen and oxygen atoms in total. The van der Waals surface area contributed by atoms with Gasteiger partial charge in [0.25, 0.3) is 0 Å². The predicted octanol–water partition coefficient (Wildman–Crippen LogP) is 0.205. The highest BCUT2D eigenvalue weighted by molar-refractivity contribution is 9.03. The van der Waals surface area contributed by atoms with Crippen molar-refractivity contribution in [1.82, 2.24) is 0 Å². The molecule has 9 heavy (non-hydrogen) atoms. The smallest absolute Gasteiger partial charge is 0.0753 e. The molecule has 0 amide bonds. The molecule has 0 unspecified atom stereocenters. The fourth-order valence-corrected chi connectivity index (χ4v) is 2.50. The van der Waals surface area contributed by atoms with Crippen LogP contribution in [0.5, 0.6) is 0 Å². The molecule has 0 saturated heterocycles. The molecule has 0 N–H and O–H groups in total. The van der Waals surface area contributed by atoms with Gasteiger partial charge < -0.3 is 4.18 Å². The maximum absolute atomic E-state index is 5.02. The lowest BCUT2D eigenvalue weighted by Crippen LogP contribution is -2.00. The molecule has 0 bridgehead atoms. The summed E-state index contributed by atoms with van der Waals surface area (Å²) in [6.45, 7) is 0.472. The van der Waals surface area contributed by atoms with Crippen molar-refractivity contribution in [1.29, 1.82) is 0 Å². The largest absolute Gasteiger partial charge is 0.302 e. The topological polar surface area (TPSA) is 9.23 Å². The molecular formula is C2H6OS6. The molecule has 0 aliphatic carbocycles. The average molecular weight is 238 g/mol. The molecule has 0 heterocycles. The second-order valence-corrected chi connectivity index (χ2v) is 14.4. The molecule has 0 aliphatic heterocycles. The summed E-state index contributed by atoms with van der Waals surface area (Å²) in [6, 6.07) is 0. The van der Waals surface area contributed by atoms with Gasteiger partial charge in [-0.2, -0.15) is 0 Å². The van der Waals surface area contributed by atoms with Gasteiger partial charge in [-0.15, -0.1) is 0 Å². The predicted molar refractivity (Wildman–Crippen MR) is 57.2 cm³/mol. The van der Waals surface area contributed by atoms with Crippen molar-refractivity contribution >= 4 is 58.3 Å². The third-order valence-electron chi connectivity index (χ3n) is 0.449. The molecule has 0 saturated carbocycles. The second kappa shape index (κ2) is 4.42. The maximum Gasteiger partial charge on any atom is 0.0753 e. The number of hydrogen-bond donors (Lipinski definition) is 1. The maximum atomic E-state index is 5.02. The summed E-state index contributed by atoms with van der Waals surface area (Å²) in [6.07, 6.45) is 0. The van der Waals surface area contributed by atoms with Gasteiger partial charge in [0.15, 0.2) is 0 Å². The van der Waals surface area contributed by atoms with Gasteiger partial charge in [-0.3, -0.25) is 0 Å². The Morgan fingerprint density at radius 1 is 1.44 bits per heavy atom. The fourth-order valence-electron chi connectivity index (χ4n) is 0.192. The van der Waals surface area contributed by atoms with Crippen LogP contribution in [0.1, 0.15) is 6.92 Å². The van der Waals surface area contributed by atoms with Crippen LogP contribution in [0.25, 0.3) is 0 Å². The summed E-state index contributed by atoms with van der Waals surface area (Å²) < 4.78 is 5.02. The van der Waals surface area contributed by atoms with Gasteiger partial charge in [0.1, 0.15) is 0 Å². The van der Waals surface area contributed by atoms with E-state index in [0.717, 1.165) is 0 Å². The lowest BCUT2D eigenvalue weighted by atomic mass is 10.9. The van der Waals surface area contributed by atoms with Crippen molar-refractivity contribution in [3.05, 3.63) is 0 Å². The first-order valence-corrected chi connectivity index (χ1v) is 9.43.